The van der Waals surface area contributed by atoms with Crippen LogP contribution in [0.3, 0.4) is 0 Å². The quantitative estimate of drug-likeness (QED) is 0.896. The molecular weight excluding hydrogens is 234 g/mol. The van der Waals surface area contributed by atoms with Crippen LogP contribution < -0.4 is 5.32 Å². The number of aromatic nitrogens is 2. The van der Waals surface area contributed by atoms with Crippen LogP contribution >= 0.6 is 0 Å². The number of piperidine rings is 1. The highest BCUT2D eigenvalue weighted by atomic mass is 15.1. The summed E-state index contributed by atoms with van der Waals surface area (Å²) >= 11 is 0. The molecule has 0 radical (unpaired) electrons. The van der Waals surface area contributed by atoms with Crippen molar-refractivity contribution < 1.29 is 0 Å². The zero-order valence-corrected chi connectivity index (χ0v) is 12.1. The molecule has 1 aliphatic carbocycles. The standard InChI is InChI=1S/C16H27N3/c1-13-5-4-8-15(18-13)16-11-17-12-19(16)10-9-14-6-2-3-7-14/h11-15,18H,2-10H2,1H3. The molecule has 2 aliphatic rings. The fourth-order valence-electron chi connectivity index (χ4n) is 3.80. The zero-order chi connectivity index (χ0) is 13.1. The first-order chi connectivity index (χ1) is 9.33. The normalized spacial score (nSPS) is 28.9. The molecule has 2 atom stereocenters. The van der Waals surface area contributed by atoms with E-state index in [1.165, 1.54) is 57.1 Å². The molecule has 0 amide bonds. The third-order valence-electron chi connectivity index (χ3n) is 4.97. The smallest absolute Gasteiger partial charge is 0.0948 e. The molecule has 3 rings (SSSR count). The van der Waals surface area contributed by atoms with Crippen molar-refractivity contribution in [3.05, 3.63) is 18.2 Å². The first kappa shape index (κ1) is 13.2. The van der Waals surface area contributed by atoms with E-state index in [4.69, 9.17) is 0 Å². The molecule has 106 valence electrons. The van der Waals surface area contributed by atoms with Gasteiger partial charge in [0.15, 0.2) is 0 Å². The molecule has 0 spiro atoms. The van der Waals surface area contributed by atoms with Crippen molar-refractivity contribution in [1.29, 1.82) is 0 Å². The summed E-state index contributed by atoms with van der Waals surface area (Å²) in [5.74, 6) is 0.966. The van der Waals surface area contributed by atoms with E-state index in [0.29, 0.717) is 12.1 Å². The number of rotatable bonds is 4. The van der Waals surface area contributed by atoms with Crippen molar-refractivity contribution in [3.8, 4) is 0 Å². The molecule has 1 aromatic heterocycles. The van der Waals surface area contributed by atoms with E-state index >= 15 is 0 Å². The van der Waals surface area contributed by atoms with Gasteiger partial charge in [-0.1, -0.05) is 25.7 Å². The van der Waals surface area contributed by atoms with E-state index in [9.17, 15) is 0 Å². The summed E-state index contributed by atoms with van der Waals surface area (Å²) in [5.41, 5.74) is 1.41. The van der Waals surface area contributed by atoms with Gasteiger partial charge in [0.25, 0.3) is 0 Å². The maximum absolute atomic E-state index is 4.39. The van der Waals surface area contributed by atoms with Crippen molar-refractivity contribution in [3.63, 3.8) is 0 Å². The Labute approximate surface area is 116 Å². The van der Waals surface area contributed by atoms with Gasteiger partial charge < -0.3 is 9.88 Å². The molecule has 19 heavy (non-hydrogen) atoms. The second kappa shape index (κ2) is 6.08. The third kappa shape index (κ3) is 3.19. The van der Waals surface area contributed by atoms with Gasteiger partial charge in [-0.25, -0.2) is 4.98 Å². The lowest BCUT2D eigenvalue weighted by atomic mass is 9.97. The van der Waals surface area contributed by atoms with Gasteiger partial charge in [0.05, 0.1) is 12.0 Å². The molecule has 2 unspecified atom stereocenters. The number of hydrogen-bond donors (Lipinski definition) is 1. The molecule has 3 nitrogen and oxygen atoms in total. The lowest BCUT2D eigenvalue weighted by Gasteiger charge is -2.29. The Morgan fingerprint density at radius 1 is 1.21 bits per heavy atom. The van der Waals surface area contributed by atoms with Gasteiger partial charge in [-0.05, 0) is 38.5 Å². The summed E-state index contributed by atoms with van der Waals surface area (Å²) in [6, 6.07) is 1.17. The Hall–Kier alpha value is -0.830. The number of aryl methyl sites for hydroxylation is 1. The molecule has 1 aromatic rings. The number of imidazole rings is 1. The summed E-state index contributed by atoms with van der Waals surface area (Å²) in [7, 11) is 0. The van der Waals surface area contributed by atoms with Crippen molar-refractivity contribution in [2.24, 2.45) is 5.92 Å². The van der Waals surface area contributed by atoms with E-state index in [1.807, 2.05) is 6.33 Å². The van der Waals surface area contributed by atoms with Gasteiger partial charge in [0.2, 0.25) is 0 Å². The maximum atomic E-state index is 4.39. The first-order valence-corrected chi connectivity index (χ1v) is 8.09. The Balaban J connectivity index is 1.60. The highest BCUT2D eigenvalue weighted by Gasteiger charge is 2.22. The zero-order valence-electron chi connectivity index (χ0n) is 12.1. The molecule has 0 aromatic carbocycles. The Bertz CT molecular complexity index is 392. The molecule has 1 saturated heterocycles. The second-order valence-corrected chi connectivity index (χ2v) is 6.50. The average molecular weight is 261 g/mol. The fraction of sp³-hybridized carbons (Fsp3) is 0.812. The molecule has 1 aliphatic heterocycles. The van der Waals surface area contributed by atoms with Crippen LogP contribution in [0.4, 0.5) is 0 Å². The predicted molar refractivity (Wildman–Crippen MR) is 78.0 cm³/mol. The highest BCUT2D eigenvalue weighted by molar-refractivity contribution is 5.07. The highest BCUT2D eigenvalue weighted by Crippen LogP contribution is 2.29. The summed E-state index contributed by atoms with van der Waals surface area (Å²) in [6.45, 7) is 3.46. The minimum atomic E-state index is 0.523. The predicted octanol–water partition coefficient (Wildman–Crippen LogP) is 3.67. The Morgan fingerprint density at radius 2 is 2.05 bits per heavy atom. The van der Waals surface area contributed by atoms with Gasteiger partial charge >= 0.3 is 0 Å². The minimum absolute atomic E-state index is 0.523. The summed E-state index contributed by atoms with van der Waals surface area (Å²) < 4.78 is 2.40. The molecule has 0 bridgehead atoms. The molecule has 2 fully saturated rings. The maximum Gasteiger partial charge on any atom is 0.0948 e. The van der Waals surface area contributed by atoms with Gasteiger partial charge in [0, 0.05) is 24.8 Å². The fourth-order valence-corrected chi connectivity index (χ4v) is 3.80. The van der Waals surface area contributed by atoms with Crippen LogP contribution in [-0.4, -0.2) is 15.6 Å². The molecule has 1 N–H and O–H groups in total. The number of hydrogen-bond acceptors (Lipinski definition) is 2. The van der Waals surface area contributed by atoms with E-state index in [1.54, 1.807) is 0 Å². The van der Waals surface area contributed by atoms with E-state index in [0.717, 1.165) is 12.5 Å². The first-order valence-electron chi connectivity index (χ1n) is 8.09. The van der Waals surface area contributed by atoms with Crippen LogP contribution in [0.2, 0.25) is 0 Å². The monoisotopic (exact) mass is 261 g/mol. The molecule has 1 saturated carbocycles. The topological polar surface area (TPSA) is 29.9 Å². The van der Waals surface area contributed by atoms with Crippen LogP contribution in [0.15, 0.2) is 12.5 Å². The molecule has 3 heteroatoms. The van der Waals surface area contributed by atoms with Gasteiger partial charge in [-0.2, -0.15) is 0 Å². The van der Waals surface area contributed by atoms with Gasteiger partial charge in [-0.3, -0.25) is 0 Å². The van der Waals surface area contributed by atoms with E-state index in [2.05, 4.69) is 28.0 Å². The van der Waals surface area contributed by atoms with Crippen LogP contribution in [0.25, 0.3) is 0 Å². The SMILES string of the molecule is CC1CCCC(c2cncn2CCC2CCCC2)N1. The average Bonchev–Trinajstić information content (AvgIpc) is 3.08. The van der Waals surface area contributed by atoms with Crippen LogP contribution in [0.5, 0.6) is 0 Å². The van der Waals surface area contributed by atoms with Crippen LogP contribution in [0, 0.1) is 5.92 Å². The largest absolute Gasteiger partial charge is 0.333 e. The van der Waals surface area contributed by atoms with Crippen molar-refractivity contribution >= 4 is 0 Å². The van der Waals surface area contributed by atoms with E-state index < -0.39 is 0 Å². The third-order valence-corrected chi connectivity index (χ3v) is 4.97. The lowest BCUT2D eigenvalue weighted by molar-refractivity contribution is 0.326. The second-order valence-electron chi connectivity index (χ2n) is 6.50. The van der Waals surface area contributed by atoms with Gasteiger partial charge in [-0.15, -0.1) is 0 Å². The van der Waals surface area contributed by atoms with Gasteiger partial charge in [0.1, 0.15) is 0 Å². The van der Waals surface area contributed by atoms with Crippen LogP contribution in [0.1, 0.15) is 70.0 Å². The number of nitrogens with one attached hydrogen (secondary N) is 1. The van der Waals surface area contributed by atoms with E-state index in [-0.39, 0.29) is 0 Å². The summed E-state index contributed by atoms with van der Waals surface area (Å²) in [6.07, 6.45) is 15.2. The summed E-state index contributed by atoms with van der Waals surface area (Å²) in [4.78, 5) is 4.39. The molecule has 2 heterocycles. The number of nitrogens with zero attached hydrogens (tertiary/aromatic N) is 2. The lowest BCUT2D eigenvalue weighted by Crippen LogP contribution is -2.35. The minimum Gasteiger partial charge on any atom is -0.333 e. The van der Waals surface area contributed by atoms with Crippen molar-refractivity contribution in [2.45, 2.75) is 76.9 Å². The van der Waals surface area contributed by atoms with Crippen molar-refractivity contribution in [1.82, 2.24) is 14.9 Å². The van der Waals surface area contributed by atoms with Crippen molar-refractivity contribution in [2.75, 3.05) is 0 Å². The molecular formula is C16H27N3. The Morgan fingerprint density at radius 3 is 2.84 bits per heavy atom. The summed E-state index contributed by atoms with van der Waals surface area (Å²) in [5, 5.41) is 3.73. The van der Waals surface area contributed by atoms with Crippen LogP contribution in [-0.2, 0) is 6.54 Å². The Kier molecular flexibility index (Phi) is 4.21.